The van der Waals surface area contributed by atoms with Gasteiger partial charge >= 0.3 is 6.18 Å². The first-order chi connectivity index (χ1) is 8.08. The van der Waals surface area contributed by atoms with Gasteiger partial charge in [0.15, 0.2) is 0 Å². The summed E-state index contributed by atoms with van der Waals surface area (Å²) in [4.78, 5) is 13.0. The van der Waals surface area contributed by atoms with E-state index >= 15 is 0 Å². The van der Waals surface area contributed by atoms with Crippen molar-refractivity contribution < 1.29 is 18.0 Å². The van der Waals surface area contributed by atoms with Gasteiger partial charge in [0.2, 0.25) is 5.91 Å². The van der Waals surface area contributed by atoms with Gasteiger partial charge in [0, 0.05) is 13.1 Å². The van der Waals surface area contributed by atoms with E-state index in [0.717, 1.165) is 0 Å². The Morgan fingerprint density at radius 1 is 1.44 bits per heavy atom. The molecule has 3 nitrogen and oxygen atoms in total. The highest BCUT2D eigenvalue weighted by molar-refractivity contribution is 9.10. The topological polar surface area (TPSA) is 32.3 Å². The van der Waals surface area contributed by atoms with Crippen LogP contribution < -0.4 is 5.32 Å². The monoisotopic (exact) mass is 330 g/mol. The smallest absolute Gasteiger partial charge is 0.355 e. The van der Waals surface area contributed by atoms with Gasteiger partial charge in [-0.25, -0.2) is 0 Å². The van der Waals surface area contributed by atoms with Crippen LogP contribution in [0.3, 0.4) is 0 Å². The summed E-state index contributed by atoms with van der Waals surface area (Å²) in [5, 5.41) is 2.75. The van der Waals surface area contributed by atoms with E-state index in [4.69, 9.17) is 0 Å². The molecular weight excluding hydrogens is 313 g/mol. The van der Waals surface area contributed by atoms with Gasteiger partial charge in [-0.15, -0.1) is 0 Å². The minimum Gasteiger partial charge on any atom is -0.355 e. The fourth-order valence-electron chi connectivity index (χ4n) is 1.92. The van der Waals surface area contributed by atoms with Crippen molar-refractivity contribution in [3.8, 4) is 0 Å². The van der Waals surface area contributed by atoms with Crippen LogP contribution in [0.15, 0.2) is 0 Å². The van der Waals surface area contributed by atoms with Crippen molar-refractivity contribution in [3.63, 3.8) is 0 Å². The third-order valence-electron chi connectivity index (χ3n) is 2.86. The molecule has 1 saturated heterocycles. The molecule has 0 spiro atoms. The van der Waals surface area contributed by atoms with Gasteiger partial charge in [-0.3, -0.25) is 9.69 Å². The number of halogens is 4. The zero-order valence-corrected chi connectivity index (χ0v) is 12.1. The lowest BCUT2D eigenvalue weighted by molar-refractivity contribution is -0.143. The summed E-state index contributed by atoms with van der Waals surface area (Å²) in [6, 6.07) is 0. The summed E-state index contributed by atoms with van der Waals surface area (Å²) in [5.74, 6) is -0.0390. The minimum atomic E-state index is -4.14. The molecule has 0 saturated carbocycles. The van der Waals surface area contributed by atoms with Crippen LogP contribution in [0.25, 0.3) is 0 Å². The Morgan fingerprint density at radius 2 is 2.06 bits per heavy atom. The van der Waals surface area contributed by atoms with E-state index in [2.05, 4.69) is 21.2 Å². The first-order valence-corrected chi connectivity index (χ1v) is 6.63. The van der Waals surface area contributed by atoms with Crippen molar-refractivity contribution in [2.75, 3.05) is 26.2 Å². The van der Waals surface area contributed by atoms with Crippen LogP contribution >= 0.6 is 15.9 Å². The number of carbonyl (C=O) groups excluding carboxylic acids is 1. The molecule has 0 aromatic carbocycles. The number of rotatable bonds is 4. The Balaban J connectivity index is 2.29. The van der Waals surface area contributed by atoms with Gasteiger partial charge in [-0.1, -0.05) is 15.9 Å². The maximum atomic E-state index is 12.2. The molecule has 0 aromatic rings. The molecular formula is C11H18BrF3N2O. The molecule has 1 unspecified atom stereocenters. The first kappa shape index (κ1) is 15.8. The quantitative estimate of drug-likeness (QED) is 0.801. The summed E-state index contributed by atoms with van der Waals surface area (Å²) < 4.78 is 35.9. The number of alkyl halides is 4. The van der Waals surface area contributed by atoms with E-state index < -0.39 is 17.0 Å². The largest absolute Gasteiger partial charge is 0.401 e. The lowest BCUT2D eigenvalue weighted by Gasteiger charge is -2.19. The van der Waals surface area contributed by atoms with Crippen molar-refractivity contribution >= 4 is 21.8 Å². The molecule has 1 heterocycles. The average molecular weight is 331 g/mol. The van der Waals surface area contributed by atoms with E-state index in [-0.39, 0.29) is 11.8 Å². The zero-order valence-electron chi connectivity index (χ0n) is 10.5. The van der Waals surface area contributed by atoms with Gasteiger partial charge in [0.05, 0.1) is 10.9 Å². The Kier molecular flexibility index (Phi) is 5.05. The number of hydrogen-bond acceptors (Lipinski definition) is 2. The Morgan fingerprint density at radius 3 is 2.56 bits per heavy atom. The highest BCUT2D eigenvalue weighted by Crippen LogP contribution is 2.22. The summed E-state index contributed by atoms with van der Waals surface area (Å²) in [6.07, 6.45) is -3.45. The van der Waals surface area contributed by atoms with Crippen LogP contribution in [0.2, 0.25) is 0 Å². The van der Waals surface area contributed by atoms with Crippen molar-refractivity contribution in [2.45, 2.75) is 30.8 Å². The van der Waals surface area contributed by atoms with E-state index in [9.17, 15) is 18.0 Å². The lowest BCUT2D eigenvalue weighted by Crippen LogP contribution is -2.40. The summed E-state index contributed by atoms with van der Waals surface area (Å²) in [5.41, 5.74) is 0. The maximum absolute atomic E-state index is 12.2. The van der Waals surface area contributed by atoms with Crippen LogP contribution in [-0.2, 0) is 4.79 Å². The summed E-state index contributed by atoms with van der Waals surface area (Å²) >= 11 is 3.23. The van der Waals surface area contributed by atoms with Crippen molar-refractivity contribution in [2.24, 2.45) is 5.92 Å². The van der Waals surface area contributed by atoms with Crippen LogP contribution in [0.5, 0.6) is 0 Å². The second-order valence-corrected chi connectivity index (χ2v) is 7.17. The summed E-state index contributed by atoms with van der Waals surface area (Å²) in [7, 11) is 0. The Bertz CT molecular complexity index is 302. The fourth-order valence-corrected chi connectivity index (χ4v) is 2.06. The normalized spacial score (nSPS) is 22.2. The Hall–Kier alpha value is -0.300. The third-order valence-corrected chi connectivity index (χ3v) is 3.22. The van der Waals surface area contributed by atoms with Crippen molar-refractivity contribution in [1.82, 2.24) is 10.2 Å². The number of hydrogen-bond donors (Lipinski definition) is 1. The van der Waals surface area contributed by atoms with Crippen LogP contribution in [0, 0.1) is 5.92 Å². The van der Waals surface area contributed by atoms with Gasteiger partial charge in [-0.2, -0.15) is 13.2 Å². The molecule has 18 heavy (non-hydrogen) atoms. The van der Waals surface area contributed by atoms with E-state index in [0.29, 0.717) is 26.1 Å². The molecule has 0 radical (unpaired) electrons. The SMILES string of the molecule is CC(C)(Br)C(=O)NCC1CCN(CC(F)(F)F)C1. The minimum absolute atomic E-state index is 0.103. The van der Waals surface area contributed by atoms with Gasteiger partial charge in [0.1, 0.15) is 0 Å². The van der Waals surface area contributed by atoms with Gasteiger partial charge < -0.3 is 5.32 Å². The molecule has 0 aromatic heterocycles. The number of amides is 1. The number of carbonyl (C=O) groups is 1. The molecule has 7 heteroatoms. The van der Waals surface area contributed by atoms with Crippen LogP contribution in [0.4, 0.5) is 13.2 Å². The highest BCUT2D eigenvalue weighted by Gasteiger charge is 2.34. The maximum Gasteiger partial charge on any atom is 0.401 e. The zero-order chi connectivity index (χ0) is 14.0. The molecule has 1 atom stereocenters. The predicted molar refractivity (Wildman–Crippen MR) is 66.6 cm³/mol. The van der Waals surface area contributed by atoms with Crippen LogP contribution in [0.1, 0.15) is 20.3 Å². The molecule has 1 amide bonds. The highest BCUT2D eigenvalue weighted by atomic mass is 79.9. The predicted octanol–water partition coefficient (Wildman–Crippen LogP) is 2.16. The Labute approximate surface area is 113 Å². The molecule has 1 N–H and O–H groups in total. The second-order valence-electron chi connectivity index (χ2n) is 5.19. The lowest BCUT2D eigenvalue weighted by atomic mass is 10.1. The van der Waals surface area contributed by atoms with E-state index in [1.165, 1.54) is 4.90 Å². The summed E-state index contributed by atoms with van der Waals surface area (Å²) in [6.45, 7) is 3.86. The second kappa shape index (κ2) is 5.77. The average Bonchev–Trinajstić information content (AvgIpc) is 2.57. The fraction of sp³-hybridized carbons (Fsp3) is 0.909. The van der Waals surface area contributed by atoms with E-state index in [1.807, 2.05) is 0 Å². The molecule has 1 aliphatic rings. The van der Waals surface area contributed by atoms with Crippen molar-refractivity contribution in [3.05, 3.63) is 0 Å². The molecule has 1 fully saturated rings. The third kappa shape index (κ3) is 5.56. The number of likely N-dealkylation sites (tertiary alicyclic amines) is 1. The van der Waals surface area contributed by atoms with Gasteiger partial charge in [-0.05, 0) is 32.7 Å². The number of nitrogens with zero attached hydrogens (tertiary/aromatic N) is 1. The number of nitrogens with one attached hydrogen (secondary N) is 1. The molecule has 1 rings (SSSR count). The first-order valence-electron chi connectivity index (χ1n) is 5.84. The van der Waals surface area contributed by atoms with Crippen molar-refractivity contribution in [1.29, 1.82) is 0 Å². The molecule has 0 aliphatic carbocycles. The van der Waals surface area contributed by atoms with Gasteiger partial charge in [0.25, 0.3) is 0 Å². The van der Waals surface area contributed by atoms with Crippen LogP contribution in [-0.4, -0.2) is 47.5 Å². The molecule has 106 valence electrons. The van der Waals surface area contributed by atoms with E-state index in [1.54, 1.807) is 13.8 Å². The molecule has 0 bridgehead atoms. The molecule has 1 aliphatic heterocycles. The standard InChI is InChI=1S/C11H18BrF3N2O/c1-10(2,12)9(18)16-5-8-3-4-17(6-8)7-11(13,14)15/h8H,3-7H2,1-2H3,(H,16,18).